The van der Waals surface area contributed by atoms with Crippen LogP contribution in [-0.4, -0.2) is 17.6 Å². The molecule has 5 nitrogen and oxygen atoms in total. The van der Waals surface area contributed by atoms with Crippen LogP contribution in [0.3, 0.4) is 0 Å². The second kappa shape index (κ2) is 5.10. The van der Waals surface area contributed by atoms with Crippen LogP contribution in [0.1, 0.15) is 23.2 Å². The van der Waals surface area contributed by atoms with Gasteiger partial charge < -0.3 is 19.3 Å². The van der Waals surface area contributed by atoms with Crippen molar-refractivity contribution in [2.75, 3.05) is 6.54 Å². The van der Waals surface area contributed by atoms with Crippen LogP contribution in [0.25, 0.3) is 11.0 Å². The highest BCUT2D eigenvalue weighted by Gasteiger charge is 2.28. The number of rotatable bonds is 4. The third-order valence-corrected chi connectivity index (χ3v) is 3.29. The molecule has 3 rings (SSSR count). The lowest BCUT2D eigenvalue weighted by Gasteiger charge is -2.20. The average Bonchev–Trinajstić information content (AvgIpc) is 3.13. The largest absolute Gasteiger partial charge is 0.459 e. The zero-order valence-electron chi connectivity index (χ0n) is 11.5. The van der Waals surface area contributed by atoms with Crippen molar-refractivity contribution in [2.45, 2.75) is 12.5 Å². The van der Waals surface area contributed by atoms with Gasteiger partial charge in [0.25, 0.3) is 5.91 Å². The lowest BCUT2D eigenvalue weighted by molar-refractivity contribution is 0.0340. The van der Waals surface area contributed by atoms with E-state index in [1.807, 2.05) is 24.3 Å². The molecular weight excluding hydrogens is 270 g/mol. The van der Waals surface area contributed by atoms with Crippen molar-refractivity contribution in [1.82, 2.24) is 5.32 Å². The van der Waals surface area contributed by atoms with E-state index < -0.39 is 5.60 Å². The Morgan fingerprint density at radius 3 is 2.81 bits per heavy atom. The Hall–Kier alpha value is -2.53. The van der Waals surface area contributed by atoms with E-state index in [1.54, 1.807) is 25.1 Å². The summed E-state index contributed by atoms with van der Waals surface area (Å²) >= 11 is 0. The lowest BCUT2D eigenvalue weighted by Crippen LogP contribution is -2.38. The molecule has 0 aliphatic heterocycles. The van der Waals surface area contributed by atoms with Crippen LogP contribution in [-0.2, 0) is 5.60 Å². The van der Waals surface area contributed by atoms with Gasteiger partial charge >= 0.3 is 0 Å². The number of aliphatic hydroxyl groups is 1. The summed E-state index contributed by atoms with van der Waals surface area (Å²) in [5, 5.41) is 14.0. The fourth-order valence-electron chi connectivity index (χ4n) is 2.08. The summed E-state index contributed by atoms with van der Waals surface area (Å²) in [5.74, 6) is 0.232. The number of fused-ring (bicyclic) bond motifs is 1. The van der Waals surface area contributed by atoms with E-state index in [9.17, 15) is 9.90 Å². The molecule has 2 aromatic heterocycles. The minimum atomic E-state index is -1.30. The van der Waals surface area contributed by atoms with Gasteiger partial charge in [0.15, 0.2) is 5.76 Å². The van der Waals surface area contributed by atoms with Crippen molar-refractivity contribution >= 4 is 16.9 Å². The Balaban J connectivity index is 1.75. The number of nitrogens with one attached hydrogen (secondary N) is 1. The van der Waals surface area contributed by atoms with Crippen molar-refractivity contribution in [1.29, 1.82) is 0 Å². The standard InChI is InChI=1S/C16H15NO4/c1-16(19,10-17-15(18)13-7-4-8-20-13)14-9-11-5-2-3-6-12(11)21-14/h2-9,19H,10H2,1H3,(H,17,18). The Labute approximate surface area is 121 Å². The molecule has 1 unspecified atom stereocenters. The van der Waals surface area contributed by atoms with Crippen molar-refractivity contribution in [2.24, 2.45) is 0 Å². The van der Waals surface area contributed by atoms with E-state index in [4.69, 9.17) is 8.83 Å². The molecule has 2 heterocycles. The second-order valence-electron chi connectivity index (χ2n) is 5.08. The third kappa shape index (κ3) is 2.68. The predicted octanol–water partition coefficient (Wildman–Crippen LogP) is 2.66. The first-order valence-electron chi connectivity index (χ1n) is 6.59. The predicted molar refractivity (Wildman–Crippen MR) is 76.8 cm³/mol. The van der Waals surface area contributed by atoms with Gasteiger partial charge in [-0.15, -0.1) is 0 Å². The van der Waals surface area contributed by atoms with Gasteiger partial charge in [-0.25, -0.2) is 0 Å². The Morgan fingerprint density at radius 2 is 2.10 bits per heavy atom. The monoisotopic (exact) mass is 285 g/mol. The minimum Gasteiger partial charge on any atom is -0.459 e. The molecule has 0 aliphatic carbocycles. The highest BCUT2D eigenvalue weighted by molar-refractivity contribution is 5.91. The SMILES string of the molecule is CC(O)(CNC(=O)c1ccco1)c1cc2ccccc2o1. The van der Waals surface area contributed by atoms with Gasteiger partial charge in [0.2, 0.25) is 0 Å². The zero-order valence-corrected chi connectivity index (χ0v) is 11.5. The molecule has 1 aromatic carbocycles. The molecule has 0 saturated heterocycles. The maximum atomic E-state index is 11.8. The molecule has 108 valence electrons. The fraction of sp³-hybridized carbons (Fsp3) is 0.188. The molecule has 0 fully saturated rings. The van der Waals surface area contributed by atoms with Gasteiger partial charge in [0.1, 0.15) is 16.9 Å². The maximum absolute atomic E-state index is 11.8. The number of furan rings is 2. The Kier molecular flexibility index (Phi) is 3.27. The molecule has 2 N–H and O–H groups in total. The van der Waals surface area contributed by atoms with E-state index in [2.05, 4.69) is 5.32 Å². The number of para-hydroxylation sites is 1. The molecule has 0 aliphatic rings. The summed E-state index contributed by atoms with van der Waals surface area (Å²) in [7, 11) is 0. The molecule has 1 amide bonds. The van der Waals surface area contributed by atoms with Crippen LogP contribution in [0.15, 0.2) is 57.6 Å². The molecule has 0 spiro atoms. The van der Waals surface area contributed by atoms with Gasteiger partial charge in [0.05, 0.1) is 12.8 Å². The van der Waals surface area contributed by atoms with Crippen molar-refractivity contribution in [3.63, 3.8) is 0 Å². The molecule has 0 saturated carbocycles. The first-order chi connectivity index (χ1) is 10.1. The topological polar surface area (TPSA) is 75.6 Å². The summed E-state index contributed by atoms with van der Waals surface area (Å²) in [4.78, 5) is 11.8. The summed E-state index contributed by atoms with van der Waals surface area (Å²) < 4.78 is 10.6. The molecule has 0 radical (unpaired) electrons. The van der Waals surface area contributed by atoms with Crippen LogP contribution in [0.5, 0.6) is 0 Å². The van der Waals surface area contributed by atoms with E-state index >= 15 is 0 Å². The first-order valence-corrected chi connectivity index (χ1v) is 6.59. The number of benzene rings is 1. The molecular formula is C16H15NO4. The van der Waals surface area contributed by atoms with Crippen molar-refractivity contribution in [3.05, 3.63) is 60.2 Å². The Bertz CT molecular complexity index is 723. The first kappa shape index (κ1) is 13.5. The quantitative estimate of drug-likeness (QED) is 0.772. The fourth-order valence-corrected chi connectivity index (χ4v) is 2.08. The smallest absolute Gasteiger partial charge is 0.287 e. The third-order valence-electron chi connectivity index (χ3n) is 3.29. The van der Waals surface area contributed by atoms with E-state index in [1.165, 1.54) is 6.26 Å². The van der Waals surface area contributed by atoms with Crippen LogP contribution in [0.2, 0.25) is 0 Å². The molecule has 1 atom stereocenters. The van der Waals surface area contributed by atoms with E-state index in [0.717, 1.165) is 5.39 Å². The van der Waals surface area contributed by atoms with E-state index in [0.29, 0.717) is 11.3 Å². The average molecular weight is 285 g/mol. The van der Waals surface area contributed by atoms with Crippen LogP contribution in [0.4, 0.5) is 0 Å². The van der Waals surface area contributed by atoms with Gasteiger partial charge in [-0.05, 0) is 31.2 Å². The second-order valence-corrected chi connectivity index (χ2v) is 5.08. The summed E-state index contributed by atoms with van der Waals surface area (Å²) in [6.07, 6.45) is 1.42. The highest BCUT2D eigenvalue weighted by Crippen LogP contribution is 2.27. The van der Waals surface area contributed by atoms with Crippen LogP contribution < -0.4 is 5.32 Å². The summed E-state index contributed by atoms with van der Waals surface area (Å²) in [6.45, 7) is 1.61. The lowest BCUT2D eigenvalue weighted by atomic mass is 10.0. The van der Waals surface area contributed by atoms with Crippen LogP contribution in [0, 0.1) is 0 Å². The Morgan fingerprint density at radius 1 is 1.29 bits per heavy atom. The van der Waals surface area contributed by atoms with Gasteiger partial charge in [-0.2, -0.15) is 0 Å². The maximum Gasteiger partial charge on any atom is 0.287 e. The molecule has 5 heteroatoms. The number of hydrogen-bond acceptors (Lipinski definition) is 4. The summed E-state index contributed by atoms with van der Waals surface area (Å²) in [5.41, 5.74) is -0.605. The highest BCUT2D eigenvalue weighted by atomic mass is 16.4. The summed E-state index contributed by atoms with van der Waals surface area (Å²) in [6, 6.07) is 12.5. The normalized spacial score (nSPS) is 14.0. The number of carbonyl (C=O) groups is 1. The number of carbonyl (C=O) groups excluding carboxylic acids is 1. The van der Waals surface area contributed by atoms with Crippen LogP contribution >= 0.6 is 0 Å². The van der Waals surface area contributed by atoms with Gasteiger partial charge in [0, 0.05) is 5.39 Å². The number of hydrogen-bond donors (Lipinski definition) is 2. The minimum absolute atomic E-state index is 0.0202. The molecule has 0 bridgehead atoms. The van der Waals surface area contributed by atoms with Crippen molar-refractivity contribution < 1.29 is 18.7 Å². The zero-order chi connectivity index (χ0) is 14.9. The molecule has 21 heavy (non-hydrogen) atoms. The number of amides is 1. The van der Waals surface area contributed by atoms with Gasteiger partial charge in [-0.3, -0.25) is 4.79 Å². The van der Waals surface area contributed by atoms with E-state index in [-0.39, 0.29) is 18.2 Å². The molecule has 3 aromatic rings. The van der Waals surface area contributed by atoms with Gasteiger partial charge in [-0.1, -0.05) is 18.2 Å². The van der Waals surface area contributed by atoms with Crippen molar-refractivity contribution in [3.8, 4) is 0 Å².